The van der Waals surface area contributed by atoms with Crippen molar-refractivity contribution >= 4 is 17.2 Å². The number of amides is 1. The molecule has 0 aliphatic carbocycles. The maximum Gasteiger partial charge on any atom is 0.265 e. The number of thiazole rings is 1. The molecule has 1 spiro atoms. The van der Waals surface area contributed by atoms with E-state index in [1.54, 1.807) is 6.20 Å². The second kappa shape index (κ2) is 7.72. The van der Waals surface area contributed by atoms with Gasteiger partial charge >= 0.3 is 0 Å². The lowest BCUT2D eigenvalue weighted by atomic mass is 9.68. The highest BCUT2D eigenvalue weighted by Crippen LogP contribution is 2.45. The number of benzene rings is 1. The van der Waals surface area contributed by atoms with Crippen LogP contribution in [0.5, 0.6) is 0 Å². The van der Waals surface area contributed by atoms with E-state index in [9.17, 15) is 4.79 Å². The van der Waals surface area contributed by atoms with Crippen LogP contribution in [0.1, 0.15) is 52.3 Å². The molecule has 1 atom stereocenters. The average molecular weight is 384 g/mol. The molecule has 1 aromatic heterocycles. The zero-order valence-corrected chi connectivity index (χ0v) is 17.2. The second-order valence-electron chi connectivity index (χ2n) is 8.18. The van der Waals surface area contributed by atoms with E-state index >= 15 is 0 Å². The first kappa shape index (κ1) is 18.6. The molecule has 2 aromatic rings. The first-order valence-corrected chi connectivity index (χ1v) is 10.9. The number of aromatic nitrogens is 1. The van der Waals surface area contributed by atoms with Gasteiger partial charge in [-0.3, -0.25) is 4.79 Å². The standard InChI is InChI=1S/C22H29N3OS/c1-3-24-15-19(18-7-5-4-6-8-18)13-22(16-24)9-11-25(12-10-22)21(26)20-14-23-17(2)27-20/h4-8,14,19H,3,9-13,15-16H2,1-2H3. The quantitative estimate of drug-likeness (QED) is 0.798. The fourth-order valence-corrected chi connectivity index (χ4v) is 5.60. The van der Waals surface area contributed by atoms with Crippen LogP contribution in [0.15, 0.2) is 36.5 Å². The summed E-state index contributed by atoms with van der Waals surface area (Å²) in [7, 11) is 0. The Balaban J connectivity index is 1.46. The molecule has 1 unspecified atom stereocenters. The number of aryl methyl sites for hydroxylation is 1. The molecule has 1 aromatic carbocycles. The number of rotatable bonds is 3. The molecule has 144 valence electrons. The van der Waals surface area contributed by atoms with Gasteiger partial charge in [0.15, 0.2) is 0 Å². The van der Waals surface area contributed by atoms with Gasteiger partial charge in [0, 0.05) is 26.2 Å². The van der Waals surface area contributed by atoms with Gasteiger partial charge in [0.25, 0.3) is 5.91 Å². The zero-order chi connectivity index (χ0) is 18.9. The van der Waals surface area contributed by atoms with Gasteiger partial charge in [-0.25, -0.2) is 4.98 Å². The van der Waals surface area contributed by atoms with Crippen molar-refractivity contribution in [2.45, 2.75) is 39.0 Å². The fourth-order valence-electron chi connectivity index (χ4n) is 4.85. The van der Waals surface area contributed by atoms with Gasteiger partial charge in [-0.15, -0.1) is 11.3 Å². The summed E-state index contributed by atoms with van der Waals surface area (Å²) in [6, 6.07) is 11.0. The van der Waals surface area contributed by atoms with Crippen LogP contribution in [0.25, 0.3) is 0 Å². The third kappa shape index (κ3) is 3.94. The first-order valence-electron chi connectivity index (χ1n) is 10.1. The molecule has 0 saturated carbocycles. The van der Waals surface area contributed by atoms with E-state index in [0.717, 1.165) is 48.9 Å². The summed E-state index contributed by atoms with van der Waals surface area (Å²) >= 11 is 1.51. The summed E-state index contributed by atoms with van der Waals surface area (Å²) in [5.74, 6) is 0.768. The van der Waals surface area contributed by atoms with Crippen molar-refractivity contribution in [1.82, 2.24) is 14.8 Å². The smallest absolute Gasteiger partial charge is 0.265 e. The maximum absolute atomic E-state index is 12.8. The minimum atomic E-state index is 0.165. The molecule has 0 radical (unpaired) electrons. The number of carbonyl (C=O) groups is 1. The van der Waals surface area contributed by atoms with Crippen LogP contribution >= 0.6 is 11.3 Å². The Bertz CT molecular complexity index is 780. The van der Waals surface area contributed by atoms with Crippen LogP contribution in [-0.4, -0.2) is 53.4 Å². The summed E-state index contributed by atoms with van der Waals surface area (Å²) in [5, 5.41) is 0.961. The van der Waals surface area contributed by atoms with E-state index in [1.165, 1.54) is 29.9 Å². The molecule has 4 nitrogen and oxygen atoms in total. The lowest BCUT2D eigenvalue weighted by molar-refractivity contribution is 0.0160. The highest BCUT2D eigenvalue weighted by atomic mass is 32.1. The van der Waals surface area contributed by atoms with E-state index in [0.29, 0.717) is 11.3 Å². The lowest BCUT2D eigenvalue weighted by Gasteiger charge is -2.50. The molecular formula is C22H29N3OS. The molecule has 27 heavy (non-hydrogen) atoms. The number of likely N-dealkylation sites (N-methyl/N-ethyl adjacent to an activating group) is 1. The molecule has 4 rings (SSSR count). The van der Waals surface area contributed by atoms with E-state index in [2.05, 4.69) is 47.1 Å². The van der Waals surface area contributed by atoms with Gasteiger partial charge in [-0.2, -0.15) is 0 Å². The van der Waals surface area contributed by atoms with Gasteiger partial charge < -0.3 is 9.80 Å². The Morgan fingerprint density at radius 2 is 2.00 bits per heavy atom. The van der Waals surface area contributed by atoms with E-state index in [-0.39, 0.29) is 5.91 Å². The lowest BCUT2D eigenvalue weighted by Crippen LogP contribution is -2.52. The second-order valence-corrected chi connectivity index (χ2v) is 9.41. The van der Waals surface area contributed by atoms with Gasteiger partial charge in [0.05, 0.1) is 11.2 Å². The normalized spacial score (nSPS) is 22.9. The number of carbonyl (C=O) groups excluding carboxylic acids is 1. The predicted octanol–water partition coefficient (Wildman–Crippen LogP) is 4.18. The maximum atomic E-state index is 12.8. The average Bonchev–Trinajstić information content (AvgIpc) is 3.15. The largest absolute Gasteiger partial charge is 0.338 e. The van der Waals surface area contributed by atoms with E-state index < -0.39 is 0 Å². The van der Waals surface area contributed by atoms with Crippen LogP contribution in [0.4, 0.5) is 0 Å². The number of likely N-dealkylation sites (tertiary alicyclic amines) is 2. The molecule has 5 heteroatoms. The molecule has 0 bridgehead atoms. The molecule has 1 amide bonds. The van der Waals surface area contributed by atoms with Crippen molar-refractivity contribution in [2.24, 2.45) is 5.41 Å². The van der Waals surface area contributed by atoms with Crippen LogP contribution in [0.3, 0.4) is 0 Å². The van der Waals surface area contributed by atoms with Crippen LogP contribution < -0.4 is 0 Å². The van der Waals surface area contributed by atoms with Gasteiger partial charge in [-0.05, 0) is 49.6 Å². The Morgan fingerprint density at radius 1 is 1.26 bits per heavy atom. The minimum Gasteiger partial charge on any atom is -0.338 e. The summed E-state index contributed by atoms with van der Waals surface area (Å²) in [6.07, 6.45) is 5.19. The van der Waals surface area contributed by atoms with Crippen LogP contribution in [-0.2, 0) is 0 Å². The molecule has 2 saturated heterocycles. The molecule has 2 aliphatic rings. The Kier molecular flexibility index (Phi) is 5.33. The Hall–Kier alpha value is -1.72. The van der Waals surface area contributed by atoms with E-state index in [1.807, 2.05) is 11.8 Å². The van der Waals surface area contributed by atoms with Crippen LogP contribution in [0, 0.1) is 12.3 Å². The molecule has 2 fully saturated rings. The van der Waals surface area contributed by atoms with Gasteiger partial charge in [0.1, 0.15) is 4.88 Å². The van der Waals surface area contributed by atoms with E-state index in [4.69, 9.17) is 0 Å². The third-order valence-corrected chi connectivity index (χ3v) is 7.28. The number of nitrogens with zero attached hydrogens (tertiary/aromatic N) is 3. The summed E-state index contributed by atoms with van der Waals surface area (Å²) < 4.78 is 0. The summed E-state index contributed by atoms with van der Waals surface area (Å²) in [4.78, 5) is 22.5. The highest BCUT2D eigenvalue weighted by Gasteiger charge is 2.42. The SMILES string of the molecule is CCN1CC(c2ccccc2)CC2(CCN(C(=O)c3cnc(C)s3)CC2)C1. The topological polar surface area (TPSA) is 36.4 Å². The minimum absolute atomic E-state index is 0.165. The van der Waals surface area contributed by atoms with Crippen LogP contribution in [0.2, 0.25) is 0 Å². The summed E-state index contributed by atoms with van der Waals surface area (Å²) in [5.41, 5.74) is 1.81. The molecule has 3 heterocycles. The molecule has 2 aliphatic heterocycles. The van der Waals surface area contributed by atoms with Crippen molar-refractivity contribution in [1.29, 1.82) is 0 Å². The zero-order valence-electron chi connectivity index (χ0n) is 16.4. The highest BCUT2D eigenvalue weighted by molar-refractivity contribution is 7.13. The van der Waals surface area contributed by atoms with Crippen molar-refractivity contribution in [3.63, 3.8) is 0 Å². The fraction of sp³-hybridized carbons (Fsp3) is 0.545. The number of hydrogen-bond acceptors (Lipinski definition) is 4. The van der Waals surface area contributed by atoms with Gasteiger partial charge in [-0.1, -0.05) is 37.3 Å². The number of piperidine rings is 2. The Labute approximate surface area is 166 Å². The van der Waals surface area contributed by atoms with Gasteiger partial charge in [0.2, 0.25) is 0 Å². The van der Waals surface area contributed by atoms with Crippen molar-refractivity contribution in [2.75, 3.05) is 32.7 Å². The third-order valence-electron chi connectivity index (χ3n) is 6.38. The number of hydrogen-bond donors (Lipinski definition) is 0. The first-order chi connectivity index (χ1) is 13.1. The van der Waals surface area contributed by atoms with Crippen molar-refractivity contribution in [3.8, 4) is 0 Å². The summed E-state index contributed by atoms with van der Waals surface area (Å²) in [6.45, 7) is 9.40. The monoisotopic (exact) mass is 383 g/mol. The van der Waals surface area contributed by atoms with Crippen molar-refractivity contribution < 1.29 is 4.79 Å². The molecule has 0 N–H and O–H groups in total. The molecular weight excluding hydrogens is 354 g/mol. The Morgan fingerprint density at radius 3 is 2.63 bits per heavy atom. The van der Waals surface area contributed by atoms with Crippen molar-refractivity contribution in [3.05, 3.63) is 52.0 Å². The predicted molar refractivity (Wildman–Crippen MR) is 110 cm³/mol.